The van der Waals surface area contributed by atoms with Crippen LogP contribution in [0.25, 0.3) is 0 Å². The van der Waals surface area contributed by atoms with Crippen LogP contribution in [0.3, 0.4) is 0 Å². The number of amides is 2. The number of nitrogens with zero attached hydrogens (tertiary/aromatic N) is 1. The van der Waals surface area contributed by atoms with Gasteiger partial charge in [-0.25, -0.2) is 0 Å². The molecule has 130 valence electrons. The van der Waals surface area contributed by atoms with E-state index in [1.165, 1.54) is 0 Å². The molecule has 1 saturated heterocycles. The molecular formula is C20H21ClN2O2. The Labute approximate surface area is 152 Å². The van der Waals surface area contributed by atoms with Crippen LogP contribution < -0.4 is 10.2 Å². The summed E-state index contributed by atoms with van der Waals surface area (Å²) in [4.78, 5) is 26.9. The third-order valence-corrected chi connectivity index (χ3v) is 4.90. The number of para-hydroxylation sites is 1. The van der Waals surface area contributed by atoms with Gasteiger partial charge in [0.2, 0.25) is 11.8 Å². The molecule has 1 N–H and O–H groups in total. The van der Waals surface area contributed by atoms with Crippen molar-refractivity contribution in [3.8, 4) is 0 Å². The fourth-order valence-electron chi connectivity index (χ4n) is 3.29. The predicted molar refractivity (Wildman–Crippen MR) is 101 cm³/mol. The zero-order valence-electron chi connectivity index (χ0n) is 14.6. The number of carbonyl (C=O) groups is 2. The number of aryl methyl sites for hydroxylation is 3. The van der Waals surface area contributed by atoms with Gasteiger partial charge in [0.25, 0.3) is 0 Å². The van der Waals surface area contributed by atoms with Gasteiger partial charge >= 0.3 is 0 Å². The van der Waals surface area contributed by atoms with Crippen LogP contribution in [0.1, 0.15) is 23.1 Å². The molecule has 0 bridgehead atoms. The van der Waals surface area contributed by atoms with Crippen LogP contribution in [-0.4, -0.2) is 18.4 Å². The molecule has 25 heavy (non-hydrogen) atoms. The largest absolute Gasteiger partial charge is 0.325 e. The van der Waals surface area contributed by atoms with E-state index in [0.29, 0.717) is 17.3 Å². The third kappa shape index (κ3) is 3.54. The molecular weight excluding hydrogens is 336 g/mol. The van der Waals surface area contributed by atoms with Gasteiger partial charge in [-0.05, 0) is 49.6 Å². The maximum Gasteiger partial charge on any atom is 0.229 e. The molecule has 1 heterocycles. The molecule has 0 spiro atoms. The van der Waals surface area contributed by atoms with Crippen molar-refractivity contribution >= 4 is 34.8 Å². The Morgan fingerprint density at radius 1 is 1.12 bits per heavy atom. The van der Waals surface area contributed by atoms with E-state index in [9.17, 15) is 9.59 Å². The molecule has 1 fully saturated rings. The lowest BCUT2D eigenvalue weighted by Crippen LogP contribution is -2.29. The van der Waals surface area contributed by atoms with Gasteiger partial charge in [-0.1, -0.05) is 35.9 Å². The van der Waals surface area contributed by atoms with E-state index in [-0.39, 0.29) is 24.2 Å². The Bertz CT molecular complexity index is 827. The van der Waals surface area contributed by atoms with Crippen LogP contribution in [0.5, 0.6) is 0 Å². The number of benzene rings is 2. The van der Waals surface area contributed by atoms with Gasteiger partial charge in [-0.2, -0.15) is 0 Å². The maximum absolute atomic E-state index is 12.6. The van der Waals surface area contributed by atoms with Crippen molar-refractivity contribution in [3.63, 3.8) is 0 Å². The second kappa shape index (κ2) is 6.89. The smallest absolute Gasteiger partial charge is 0.229 e. The normalized spacial score (nSPS) is 17.0. The standard InChI is InChI=1S/C20H21ClN2O2/c1-12-7-8-16(21)10-17(12)22-20(25)15-9-18(24)23(11-15)19-13(2)5-4-6-14(19)3/h4-8,10,15H,9,11H2,1-3H3,(H,22,25). The Hall–Kier alpha value is -2.33. The van der Waals surface area contributed by atoms with E-state index in [0.717, 1.165) is 22.4 Å². The summed E-state index contributed by atoms with van der Waals surface area (Å²) in [6.07, 6.45) is 0.221. The first kappa shape index (κ1) is 17.5. The monoisotopic (exact) mass is 356 g/mol. The van der Waals surface area contributed by atoms with Gasteiger partial charge in [-0.3, -0.25) is 9.59 Å². The first-order valence-corrected chi connectivity index (χ1v) is 8.68. The zero-order chi connectivity index (χ0) is 18.1. The van der Waals surface area contributed by atoms with Crippen molar-refractivity contribution in [1.29, 1.82) is 0 Å². The highest BCUT2D eigenvalue weighted by atomic mass is 35.5. The first-order chi connectivity index (χ1) is 11.9. The molecule has 1 aliphatic heterocycles. The molecule has 1 unspecified atom stereocenters. The molecule has 0 saturated carbocycles. The third-order valence-electron chi connectivity index (χ3n) is 4.66. The lowest BCUT2D eigenvalue weighted by molar-refractivity contribution is -0.122. The van der Waals surface area contributed by atoms with Crippen molar-refractivity contribution < 1.29 is 9.59 Å². The molecule has 2 aromatic rings. The van der Waals surface area contributed by atoms with E-state index in [1.807, 2.05) is 45.0 Å². The molecule has 1 aliphatic rings. The van der Waals surface area contributed by atoms with Crippen molar-refractivity contribution in [2.75, 3.05) is 16.8 Å². The highest BCUT2D eigenvalue weighted by molar-refractivity contribution is 6.31. The molecule has 3 rings (SSSR count). The second-order valence-electron chi connectivity index (χ2n) is 6.59. The minimum atomic E-state index is -0.370. The minimum absolute atomic E-state index is 0.0135. The van der Waals surface area contributed by atoms with E-state index in [4.69, 9.17) is 11.6 Å². The number of hydrogen-bond donors (Lipinski definition) is 1. The molecule has 4 nitrogen and oxygen atoms in total. The van der Waals surface area contributed by atoms with Gasteiger partial charge in [-0.15, -0.1) is 0 Å². The summed E-state index contributed by atoms with van der Waals surface area (Å²) in [5.41, 5.74) is 4.63. The van der Waals surface area contributed by atoms with Gasteiger partial charge in [0.05, 0.1) is 5.92 Å². The van der Waals surface area contributed by atoms with Gasteiger partial charge in [0.1, 0.15) is 0 Å². The molecule has 1 atom stereocenters. The number of nitrogens with one attached hydrogen (secondary N) is 1. The molecule has 2 aromatic carbocycles. The highest BCUT2D eigenvalue weighted by Crippen LogP contribution is 2.31. The second-order valence-corrected chi connectivity index (χ2v) is 7.03. The number of halogens is 1. The number of anilines is 2. The van der Waals surface area contributed by atoms with Crippen molar-refractivity contribution in [2.45, 2.75) is 27.2 Å². The molecule has 0 radical (unpaired) electrons. The molecule has 0 aromatic heterocycles. The number of rotatable bonds is 3. The Morgan fingerprint density at radius 3 is 2.48 bits per heavy atom. The van der Waals surface area contributed by atoms with E-state index < -0.39 is 0 Å². The summed E-state index contributed by atoms with van der Waals surface area (Å²) >= 11 is 6.01. The number of hydrogen-bond acceptors (Lipinski definition) is 2. The summed E-state index contributed by atoms with van der Waals surface area (Å²) in [6, 6.07) is 11.3. The maximum atomic E-state index is 12.6. The van der Waals surface area contributed by atoms with Crippen LogP contribution in [0, 0.1) is 26.7 Å². The summed E-state index contributed by atoms with van der Waals surface area (Å²) in [5, 5.41) is 3.48. The van der Waals surface area contributed by atoms with Crippen LogP contribution >= 0.6 is 11.6 Å². The fourth-order valence-corrected chi connectivity index (χ4v) is 3.47. The van der Waals surface area contributed by atoms with Crippen LogP contribution in [0.15, 0.2) is 36.4 Å². The predicted octanol–water partition coefficient (Wildman–Crippen LogP) is 4.26. The quantitative estimate of drug-likeness (QED) is 0.893. The highest BCUT2D eigenvalue weighted by Gasteiger charge is 2.36. The van der Waals surface area contributed by atoms with Crippen molar-refractivity contribution in [2.24, 2.45) is 5.92 Å². The SMILES string of the molecule is Cc1ccc(Cl)cc1NC(=O)C1CC(=O)N(c2c(C)cccc2C)C1. The van der Waals surface area contributed by atoms with Crippen molar-refractivity contribution in [1.82, 2.24) is 0 Å². The lowest BCUT2D eigenvalue weighted by atomic mass is 10.1. The average molecular weight is 357 g/mol. The number of carbonyl (C=O) groups excluding carboxylic acids is 2. The fraction of sp³-hybridized carbons (Fsp3) is 0.300. The molecule has 5 heteroatoms. The summed E-state index contributed by atoms with van der Waals surface area (Å²) in [5.74, 6) is -0.530. The Kier molecular flexibility index (Phi) is 4.82. The van der Waals surface area contributed by atoms with Gasteiger partial charge in [0, 0.05) is 29.4 Å². The molecule has 0 aliphatic carbocycles. The van der Waals surface area contributed by atoms with E-state index in [2.05, 4.69) is 5.32 Å². The van der Waals surface area contributed by atoms with Gasteiger partial charge < -0.3 is 10.2 Å². The minimum Gasteiger partial charge on any atom is -0.325 e. The summed E-state index contributed by atoms with van der Waals surface area (Å²) < 4.78 is 0. The zero-order valence-corrected chi connectivity index (χ0v) is 15.4. The van der Waals surface area contributed by atoms with Crippen LogP contribution in [0.4, 0.5) is 11.4 Å². The van der Waals surface area contributed by atoms with E-state index >= 15 is 0 Å². The lowest BCUT2D eigenvalue weighted by Gasteiger charge is -2.21. The average Bonchev–Trinajstić information content (AvgIpc) is 2.93. The molecule has 2 amide bonds. The van der Waals surface area contributed by atoms with E-state index in [1.54, 1.807) is 17.0 Å². The van der Waals surface area contributed by atoms with Crippen LogP contribution in [-0.2, 0) is 9.59 Å². The first-order valence-electron chi connectivity index (χ1n) is 8.30. The topological polar surface area (TPSA) is 49.4 Å². The summed E-state index contributed by atoms with van der Waals surface area (Å²) in [6.45, 7) is 6.28. The van der Waals surface area contributed by atoms with Gasteiger partial charge in [0.15, 0.2) is 0 Å². The Morgan fingerprint density at radius 2 is 1.80 bits per heavy atom. The Balaban J connectivity index is 1.78. The summed E-state index contributed by atoms with van der Waals surface area (Å²) in [7, 11) is 0. The van der Waals surface area contributed by atoms with Crippen LogP contribution in [0.2, 0.25) is 5.02 Å². The van der Waals surface area contributed by atoms with Crippen molar-refractivity contribution in [3.05, 3.63) is 58.1 Å².